The first-order chi connectivity index (χ1) is 7.81. The molecule has 0 aliphatic carbocycles. The van der Waals surface area contributed by atoms with Crippen molar-refractivity contribution in [3.05, 3.63) is 18.2 Å². The summed E-state index contributed by atoms with van der Waals surface area (Å²) in [6.45, 7) is 3.99. The van der Waals surface area contributed by atoms with E-state index in [2.05, 4.69) is 16.8 Å². The van der Waals surface area contributed by atoms with Gasteiger partial charge in [-0.1, -0.05) is 19.4 Å². The van der Waals surface area contributed by atoms with Crippen molar-refractivity contribution in [1.82, 2.24) is 4.98 Å². The van der Waals surface area contributed by atoms with Gasteiger partial charge in [-0.15, -0.1) is 11.6 Å². The molecule has 0 bridgehead atoms. The maximum Gasteiger partial charge on any atom is 0.214 e. The van der Waals surface area contributed by atoms with Crippen LogP contribution in [0.3, 0.4) is 0 Å². The number of hydrogen-bond acceptors (Lipinski definition) is 3. The number of anilines is 1. The van der Waals surface area contributed by atoms with Crippen molar-refractivity contribution in [2.75, 3.05) is 31.0 Å². The molecular formula is C12H19ClN2O. The third kappa shape index (κ3) is 3.89. The summed E-state index contributed by atoms with van der Waals surface area (Å²) in [5.74, 6) is 2.20. The van der Waals surface area contributed by atoms with Crippen molar-refractivity contribution in [3.8, 4) is 5.88 Å². The summed E-state index contributed by atoms with van der Waals surface area (Å²) >= 11 is 5.80. The Hall–Kier alpha value is -0.960. The summed E-state index contributed by atoms with van der Waals surface area (Å²) in [5, 5.41) is 0. The van der Waals surface area contributed by atoms with Gasteiger partial charge >= 0.3 is 0 Å². The van der Waals surface area contributed by atoms with E-state index in [1.165, 1.54) is 6.42 Å². The van der Waals surface area contributed by atoms with Crippen LogP contribution < -0.4 is 9.64 Å². The quantitative estimate of drug-likeness (QED) is 0.688. The summed E-state index contributed by atoms with van der Waals surface area (Å²) in [4.78, 5) is 6.60. The second kappa shape index (κ2) is 7.34. The van der Waals surface area contributed by atoms with Gasteiger partial charge in [0.05, 0.1) is 7.11 Å². The molecule has 4 heteroatoms. The Balaban J connectivity index is 2.73. The number of unbranched alkanes of at least 4 members (excludes halogenated alkanes) is 1. The topological polar surface area (TPSA) is 25.4 Å². The van der Waals surface area contributed by atoms with Crippen molar-refractivity contribution in [3.63, 3.8) is 0 Å². The number of rotatable bonds is 7. The fourth-order valence-corrected chi connectivity index (χ4v) is 1.69. The van der Waals surface area contributed by atoms with Gasteiger partial charge < -0.3 is 9.64 Å². The molecule has 0 aromatic carbocycles. The van der Waals surface area contributed by atoms with Crippen LogP contribution in [0.2, 0.25) is 0 Å². The molecule has 1 aromatic heterocycles. The van der Waals surface area contributed by atoms with Gasteiger partial charge in [0.2, 0.25) is 5.88 Å². The van der Waals surface area contributed by atoms with Crippen LogP contribution in [0.5, 0.6) is 5.88 Å². The number of nitrogens with zero attached hydrogens (tertiary/aromatic N) is 2. The third-order valence-corrected chi connectivity index (χ3v) is 2.55. The highest BCUT2D eigenvalue weighted by Crippen LogP contribution is 2.16. The Morgan fingerprint density at radius 3 is 2.81 bits per heavy atom. The minimum absolute atomic E-state index is 0.614. The van der Waals surface area contributed by atoms with E-state index in [1.807, 2.05) is 18.2 Å². The molecule has 0 saturated heterocycles. The van der Waals surface area contributed by atoms with Gasteiger partial charge in [0.15, 0.2) is 0 Å². The first-order valence-electron chi connectivity index (χ1n) is 5.63. The number of pyridine rings is 1. The molecule has 0 fully saturated rings. The van der Waals surface area contributed by atoms with Gasteiger partial charge in [-0.2, -0.15) is 4.98 Å². The molecule has 0 N–H and O–H groups in total. The molecule has 0 amide bonds. The molecule has 0 spiro atoms. The Bertz CT molecular complexity index is 307. The minimum atomic E-state index is 0.614. The lowest BCUT2D eigenvalue weighted by Crippen LogP contribution is -2.27. The second-order valence-electron chi connectivity index (χ2n) is 3.57. The van der Waals surface area contributed by atoms with E-state index < -0.39 is 0 Å². The smallest absolute Gasteiger partial charge is 0.214 e. The summed E-state index contributed by atoms with van der Waals surface area (Å²) < 4.78 is 5.12. The Labute approximate surface area is 102 Å². The molecule has 0 unspecified atom stereocenters. The second-order valence-corrected chi connectivity index (χ2v) is 3.95. The predicted molar refractivity (Wildman–Crippen MR) is 68.6 cm³/mol. The fraction of sp³-hybridized carbons (Fsp3) is 0.583. The maximum atomic E-state index is 5.80. The number of ether oxygens (including phenoxy) is 1. The van der Waals surface area contributed by atoms with Gasteiger partial charge in [-0.05, 0) is 12.5 Å². The van der Waals surface area contributed by atoms with E-state index in [-0.39, 0.29) is 0 Å². The van der Waals surface area contributed by atoms with Crippen LogP contribution in [0.25, 0.3) is 0 Å². The molecule has 0 saturated carbocycles. The molecule has 0 aliphatic heterocycles. The lowest BCUT2D eigenvalue weighted by molar-refractivity contribution is 0.398. The number of halogens is 1. The normalized spacial score (nSPS) is 10.2. The molecule has 1 aromatic rings. The van der Waals surface area contributed by atoms with Gasteiger partial charge in [-0.3, -0.25) is 0 Å². The molecular weight excluding hydrogens is 224 g/mol. The molecule has 0 aliphatic rings. The van der Waals surface area contributed by atoms with E-state index in [4.69, 9.17) is 16.3 Å². The van der Waals surface area contributed by atoms with Crippen molar-refractivity contribution >= 4 is 17.4 Å². The lowest BCUT2D eigenvalue weighted by Gasteiger charge is -2.22. The molecule has 0 atom stereocenters. The zero-order valence-electron chi connectivity index (χ0n) is 9.95. The van der Waals surface area contributed by atoms with E-state index >= 15 is 0 Å². The summed E-state index contributed by atoms with van der Waals surface area (Å²) in [7, 11) is 1.63. The average Bonchev–Trinajstić information content (AvgIpc) is 2.34. The first-order valence-corrected chi connectivity index (χ1v) is 6.17. The van der Waals surface area contributed by atoms with Crippen LogP contribution in [-0.2, 0) is 0 Å². The van der Waals surface area contributed by atoms with Crippen molar-refractivity contribution in [2.24, 2.45) is 0 Å². The maximum absolute atomic E-state index is 5.80. The van der Waals surface area contributed by atoms with Crippen LogP contribution in [-0.4, -0.2) is 31.1 Å². The van der Waals surface area contributed by atoms with Crippen molar-refractivity contribution in [2.45, 2.75) is 19.8 Å². The fourth-order valence-electron chi connectivity index (χ4n) is 1.49. The summed E-state index contributed by atoms with van der Waals surface area (Å²) in [6, 6.07) is 5.79. The van der Waals surface area contributed by atoms with Gasteiger partial charge in [-0.25, -0.2) is 0 Å². The van der Waals surface area contributed by atoms with Crippen molar-refractivity contribution < 1.29 is 4.74 Å². The zero-order chi connectivity index (χ0) is 11.8. The number of hydrogen-bond donors (Lipinski definition) is 0. The highest BCUT2D eigenvalue weighted by Gasteiger charge is 2.07. The number of alkyl halides is 1. The summed E-state index contributed by atoms with van der Waals surface area (Å²) in [5.41, 5.74) is 0. The van der Waals surface area contributed by atoms with E-state index in [1.54, 1.807) is 7.11 Å². The molecule has 0 radical (unpaired) electrons. The number of methoxy groups -OCH3 is 1. The van der Waals surface area contributed by atoms with Gasteiger partial charge in [0, 0.05) is 25.0 Å². The Morgan fingerprint density at radius 1 is 1.38 bits per heavy atom. The lowest BCUT2D eigenvalue weighted by atomic mass is 10.3. The monoisotopic (exact) mass is 242 g/mol. The number of aromatic nitrogens is 1. The zero-order valence-corrected chi connectivity index (χ0v) is 10.7. The Kier molecular flexibility index (Phi) is 6.01. The standard InChI is InChI=1S/C12H19ClN2O/c1-3-4-9-15(10-8-13)11-6-5-7-12(14-11)16-2/h5-7H,3-4,8-10H2,1-2H3. The van der Waals surface area contributed by atoms with Gasteiger partial charge in [0.1, 0.15) is 5.82 Å². The largest absolute Gasteiger partial charge is 0.481 e. The summed E-state index contributed by atoms with van der Waals surface area (Å²) in [6.07, 6.45) is 2.32. The molecule has 1 rings (SSSR count). The molecule has 3 nitrogen and oxygen atoms in total. The van der Waals surface area contributed by atoms with E-state index in [9.17, 15) is 0 Å². The SMILES string of the molecule is CCCCN(CCCl)c1cccc(OC)n1. The van der Waals surface area contributed by atoms with Crippen LogP contribution >= 0.6 is 11.6 Å². The van der Waals surface area contributed by atoms with Crippen LogP contribution in [0, 0.1) is 0 Å². The molecule has 1 heterocycles. The Morgan fingerprint density at radius 2 is 2.19 bits per heavy atom. The van der Waals surface area contributed by atoms with Crippen LogP contribution in [0.15, 0.2) is 18.2 Å². The molecule has 16 heavy (non-hydrogen) atoms. The van der Waals surface area contributed by atoms with E-state index in [0.717, 1.165) is 25.3 Å². The first kappa shape index (κ1) is 13.1. The van der Waals surface area contributed by atoms with E-state index in [0.29, 0.717) is 11.8 Å². The highest BCUT2D eigenvalue weighted by atomic mass is 35.5. The highest BCUT2D eigenvalue weighted by molar-refractivity contribution is 6.18. The predicted octanol–water partition coefficient (Wildman–Crippen LogP) is 2.94. The van der Waals surface area contributed by atoms with Crippen LogP contribution in [0.1, 0.15) is 19.8 Å². The average molecular weight is 243 g/mol. The van der Waals surface area contributed by atoms with Crippen LogP contribution in [0.4, 0.5) is 5.82 Å². The third-order valence-electron chi connectivity index (χ3n) is 2.38. The minimum Gasteiger partial charge on any atom is -0.481 e. The molecule has 90 valence electrons. The van der Waals surface area contributed by atoms with Gasteiger partial charge in [0.25, 0.3) is 0 Å². The van der Waals surface area contributed by atoms with Crippen molar-refractivity contribution in [1.29, 1.82) is 0 Å².